The van der Waals surface area contributed by atoms with Gasteiger partial charge in [-0.2, -0.15) is 5.10 Å². The lowest BCUT2D eigenvalue weighted by atomic mass is 10.1. The lowest BCUT2D eigenvalue weighted by Crippen LogP contribution is -2.34. The number of nitrogens with one attached hydrogen (secondary N) is 1. The zero-order valence-corrected chi connectivity index (χ0v) is 13.5. The molecule has 2 rings (SSSR count). The maximum atomic E-state index is 12.1. The number of hydrogen-bond acceptors (Lipinski definition) is 8. The summed E-state index contributed by atoms with van der Waals surface area (Å²) in [7, 11) is 0. The van der Waals surface area contributed by atoms with E-state index in [1.807, 2.05) is 0 Å². The van der Waals surface area contributed by atoms with Crippen LogP contribution in [0.4, 0.5) is 11.4 Å². The number of benzene rings is 1. The molecule has 26 heavy (non-hydrogen) atoms. The molecule has 0 bridgehead atoms. The highest BCUT2D eigenvalue weighted by atomic mass is 16.6. The van der Waals surface area contributed by atoms with Crippen LogP contribution in [0.5, 0.6) is 0 Å². The number of non-ortho nitro benzene ring substituents is 2. The minimum Gasteiger partial charge on any atom is -0.277 e. The standard InChI is InChI=1S/C14H13N5O7/c1-8(7-17-12(20)2-3-13(17)21)15-16-14(22)9-4-10(18(23)24)6-11(5-9)19(25)26/h4-6H,2-3,7H2,1H3,(H,16,22)/b15-8-. The Hall–Kier alpha value is -3.70. The quantitative estimate of drug-likeness (QED) is 0.337. The third kappa shape index (κ3) is 4.23. The maximum absolute atomic E-state index is 12.1. The Morgan fingerprint density at radius 1 is 1.12 bits per heavy atom. The Bertz CT molecular complexity index is 800. The molecular weight excluding hydrogens is 350 g/mol. The SMILES string of the molecule is C/C(CN1C(=O)CCC1=O)=N/NC(=O)c1cc([N+](=O)[O-])cc([N+](=O)[O-])c1. The molecule has 1 aliphatic heterocycles. The van der Waals surface area contributed by atoms with Gasteiger partial charge in [-0.1, -0.05) is 0 Å². The molecule has 12 nitrogen and oxygen atoms in total. The summed E-state index contributed by atoms with van der Waals surface area (Å²) in [4.78, 5) is 56.0. The fourth-order valence-corrected chi connectivity index (χ4v) is 2.21. The summed E-state index contributed by atoms with van der Waals surface area (Å²) >= 11 is 0. The monoisotopic (exact) mass is 363 g/mol. The van der Waals surface area contributed by atoms with Crippen molar-refractivity contribution >= 4 is 34.8 Å². The number of rotatable bonds is 6. The predicted molar refractivity (Wildman–Crippen MR) is 86.3 cm³/mol. The first-order valence-corrected chi connectivity index (χ1v) is 7.29. The van der Waals surface area contributed by atoms with Crippen molar-refractivity contribution in [2.45, 2.75) is 19.8 Å². The molecule has 0 spiro atoms. The molecule has 0 atom stereocenters. The van der Waals surface area contributed by atoms with Crippen molar-refractivity contribution in [2.75, 3.05) is 6.54 Å². The van der Waals surface area contributed by atoms with Crippen molar-refractivity contribution in [1.29, 1.82) is 0 Å². The minimum absolute atomic E-state index is 0.104. The lowest BCUT2D eigenvalue weighted by molar-refractivity contribution is -0.394. The highest BCUT2D eigenvalue weighted by molar-refractivity contribution is 6.05. The van der Waals surface area contributed by atoms with Gasteiger partial charge < -0.3 is 0 Å². The van der Waals surface area contributed by atoms with Crippen LogP contribution in [0, 0.1) is 20.2 Å². The molecule has 1 aliphatic rings. The largest absolute Gasteiger partial charge is 0.277 e. The number of imide groups is 1. The van der Waals surface area contributed by atoms with Crippen LogP contribution in [-0.2, 0) is 9.59 Å². The van der Waals surface area contributed by atoms with E-state index in [1.54, 1.807) is 0 Å². The molecule has 136 valence electrons. The molecule has 1 aromatic carbocycles. The molecule has 0 unspecified atom stereocenters. The summed E-state index contributed by atoms with van der Waals surface area (Å²) < 4.78 is 0. The van der Waals surface area contributed by atoms with Crippen molar-refractivity contribution < 1.29 is 24.2 Å². The number of nitro benzene ring substituents is 2. The number of likely N-dealkylation sites (tertiary alicyclic amines) is 1. The predicted octanol–water partition coefficient (Wildman–Crippen LogP) is 0.758. The van der Waals surface area contributed by atoms with Gasteiger partial charge in [-0.3, -0.25) is 39.5 Å². The van der Waals surface area contributed by atoms with Crippen molar-refractivity contribution in [1.82, 2.24) is 10.3 Å². The zero-order valence-electron chi connectivity index (χ0n) is 13.5. The Labute approximate surface area is 145 Å². The summed E-state index contributed by atoms with van der Waals surface area (Å²) in [5.41, 5.74) is 0.778. The van der Waals surface area contributed by atoms with E-state index in [1.165, 1.54) is 6.92 Å². The van der Waals surface area contributed by atoms with E-state index in [2.05, 4.69) is 10.5 Å². The number of amides is 3. The molecule has 3 amide bonds. The van der Waals surface area contributed by atoms with Crippen LogP contribution in [0.15, 0.2) is 23.3 Å². The van der Waals surface area contributed by atoms with Crippen molar-refractivity contribution in [3.05, 3.63) is 44.0 Å². The highest BCUT2D eigenvalue weighted by Gasteiger charge is 2.29. The van der Waals surface area contributed by atoms with Crippen LogP contribution in [0.1, 0.15) is 30.1 Å². The molecule has 1 saturated heterocycles. The van der Waals surface area contributed by atoms with E-state index >= 15 is 0 Å². The number of carbonyl (C=O) groups excluding carboxylic acids is 3. The van der Waals surface area contributed by atoms with Gasteiger partial charge in [0.15, 0.2) is 0 Å². The van der Waals surface area contributed by atoms with Crippen LogP contribution in [-0.4, -0.2) is 44.7 Å². The van der Waals surface area contributed by atoms with E-state index in [0.29, 0.717) is 0 Å². The first-order chi connectivity index (χ1) is 12.2. The molecule has 0 aliphatic carbocycles. The lowest BCUT2D eigenvalue weighted by Gasteiger charge is -2.13. The molecule has 0 radical (unpaired) electrons. The second-order valence-electron chi connectivity index (χ2n) is 5.41. The number of hydrazone groups is 1. The smallest absolute Gasteiger partial charge is 0.277 e. The number of nitrogens with zero attached hydrogens (tertiary/aromatic N) is 4. The summed E-state index contributed by atoms with van der Waals surface area (Å²) in [5, 5.41) is 25.4. The van der Waals surface area contributed by atoms with Gasteiger partial charge in [0.1, 0.15) is 0 Å². The van der Waals surface area contributed by atoms with Crippen molar-refractivity contribution in [3.8, 4) is 0 Å². The van der Waals surface area contributed by atoms with Gasteiger partial charge in [0.2, 0.25) is 11.8 Å². The van der Waals surface area contributed by atoms with E-state index in [0.717, 1.165) is 23.1 Å². The summed E-state index contributed by atoms with van der Waals surface area (Å²) in [5.74, 6) is -1.59. The minimum atomic E-state index is -0.907. The molecular formula is C14H13N5O7. The van der Waals surface area contributed by atoms with Crippen LogP contribution < -0.4 is 5.43 Å². The first-order valence-electron chi connectivity index (χ1n) is 7.29. The van der Waals surface area contributed by atoms with Crippen molar-refractivity contribution in [2.24, 2.45) is 5.10 Å². The summed E-state index contributed by atoms with van der Waals surface area (Å²) in [6.07, 6.45) is 0.242. The van der Waals surface area contributed by atoms with Crippen LogP contribution in [0.3, 0.4) is 0 Å². The molecule has 0 saturated carbocycles. The Morgan fingerprint density at radius 2 is 1.62 bits per heavy atom. The van der Waals surface area contributed by atoms with Gasteiger partial charge in [0, 0.05) is 25.0 Å². The number of nitro groups is 2. The fourth-order valence-electron chi connectivity index (χ4n) is 2.21. The van der Waals surface area contributed by atoms with Crippen LogP contribution in [0.25, 0.3) is 0 Å². The van der Waals surface area contributed by atoms with Gasteiger partial charge in [0.25, 0.3) is 17.3 Å². The third-order valence-electron chi connectivity index (χ3n) is 3.48. The third-order valence-corrected chi connectivity index (χ3v) is 3.48. The molecule has 12 heteroatoms. The normalized spacial score (nSPS) is 14.5. The van der Waals surface area contributed by atoms with Gasteiger partial charge in [-0.05, 0) is 6.92 Å². The van der Waals surface area contributed by atoms with Gasteiger partial charge in [-0.15, -0.1) is 0 Å². The highest BCUT2D eigenvalue weighted by Crippen LogP contribution is 2.22. The zero-order chi connectivity index (χ0) is 19.4. The van der Waals surface area contributed by atoms with E-state index in [4.69, 9.17) is 0 Å². The fraction of sp³-hybridized carbons (Fsp3) is 0.286. The first kappa shape index (κ1) is 18.6. The average Bonchev–Trinajstić information content (AvgIpc) is 2.91. The average molecular weight is 363 g/mol. The van der Waals surface area contributed by atoms with Crippen LogP contribution >= 0.6 is 0 Å². The number of hydrogen-bond donors (Lipinski definition) is 1. The summed E-state index contributed by atoms with van der Waals surface area (Å²) in [6, 6.07) is 2.48. The molecule has 1 aromatic rings. The second-order valence-corrected chi connectivity index (χ2v) is 5.41. The Balaban J connectivity index is 2.14. The Morgan fingerprint density at radius 3 is 2.08 bits per heavy atom. The topological polar surface area (TPSA) is 165 Å². The van der Waals surface area contributed by atoms with Crippen LogP contribution in [0.2, 0.25) is 0 Å². The van der Waals surface area contributed by atoms with Gasteiger partial charge in [-0.25, -0.2) is 5.43 Å². The number of carbonyl (C=O) groups is 3. The van der Waals surface area contributed by atoms with E-state index in [-0.39, 0.29) is 42.5 Å². The second kappa shape index (κ2) is 7.46. The van der Waals surface area contributed by atoms with E-state index in [9.17, 15) is 34.6 Å². The maximum Gasteiger partial charge on any atom is 0.277 e. The Kier molecular flexibility index (Phi) is 5.35. The molecule has 0 aromatic heterocycles. The molecule has 1 heterocycles. The van der Waals surface area contributed by atoms with Gasteiger partial charge in [0.05, 0.1) is 33.7 Å². The van der Waals surface area contributed by atoms with E-state index < -0.39 is 27.1 Å². The van der Waals surface area contributed by atoms with Crippen molar-refractivity contribution in [3.63, 3.8) is 0 Å². The molecule has 1 N–H and O–H groups in total. The van der Waals surface area contributed by atoms with Gasteiger partial charge >= 0.3 is 0 Å². The molecule has 1 fully saturated rings. The summed E-state index contributed by atoms with van der Waals surface area (Å²) in [6.45, 7) is 1.36.